The Morgan fingerprint density at radius 1 is 0.591 bits per heavy atom. The van der Waals surface area contributed by atoms with Crippen molar-refractivity contribution in [3.63, 3.8) is 0 Å². The molecule has 0 unspecified atom stereocenters. The standard InChI is InChI=1S/C20H26Si2/c1-15(2)13-21-17-9-5-7-11-19(17)22(14-16(3)4)20-12-8-6-10-18(20)21/h5-12,15-16H,13-14H2,1-4H3. The number of hydrogen-bond donors (Lipinski definition) is 0. The van der Waals surface area contributed by atoms with Crippen LogP contribution in [0, 0.1) is 11.8 Å². The van der Waals surface area contributed by atoms with E-state index in [-0.39, 0.29) is 0 Å². The van der Waals surface area contributed by atoms with Crippen molar-refractivity contribution in [2.75, 3.05) is 0 Å². The molecule has 1 aliphatic rings. The number of hydrogen-bond acceptors (Lipinski definition) is 0. The molecule has 3 rings (SSSR count). The molecule has 0 atom stereocenters. The molecule has 0 fully saturated rings. The van der Waals surface area contributed by atoms with E-state index in [9.17, 15) is 0 Å². The van der Waals surface area contributed by atoms with Crippen LogP contribution in [0.5, 0.6) is 0 Å². The molecular weight excluding hydrogens is 296 g/mol. The van der Waals surface area contributed by atoms with Crippen LogP contribution >= 0.6 is 0 Å². The Balaban J connectivity index is 2.14. The van der Waals surface area contributed by atoms with Gasteiger partial charge in [0.15, 0.2) is 0 Å². The molecule has 0 amide bonds. The van der Waals surface area contributed by atoms with Gasteiger partial charge in [-0.25, -0.2) is 0 Å². The Morgan fingerprint density at radius 3 is 1.09 bits per heavy atom. The second-order valence-corrected chi connectivity index (χ2v) is 12.1. The van der Waals surface area contributed by atoms with Crippen molar-refractivity contribution >= 4 is 38.3 Å². The van der Waals surface area contributed by atoms with Crippen molar-refractivity contribution in [3.05, 3.63) is 48.5 Å². The fourth-order valence-corrected chi connectivity index (χ4v) is 11.3. The molecule has 0 bridgehead atoms. The second kappa shape index (κ2) is 6.55. The maximum Gasteiger partial charge on any atom is 0.121 e. The third-order valence-corrected chi connectivity index (χ3v) is 11.7. The van der Waals surface area contributed by atoms with Crippen molar-refractivity contribution in [2.45, 2.75) is 39.8 Å². The van der Waals surface area contributed by atoms with Gasteiger partial charge in [0.1, 0.15) is 17.6 Å². The highest BCUT2D eigenvalue weighted by molar-refractivity contribution is 7.02. The monoisotopic (exact) mass is 322 g/mol. The highest BCUT2D eigenvalue weighted by Crippen LogP contribution is 2.13. The Labute approximate surface area is 138 Å². The SMILES string of the molecule is CC(C)C[Si]1c2ccccc2[Si](CC(C)C)c2ccccc21. The lowest BCUT2D eigenvalue weighted by Crippen LogP contribution is -2.68. The third kappa shape index (κ3) is 2.99. The lowest BCUT2D eigenvalue weighted by atomic mass is 10.3. The van der Waals surface area contributed by atoms with Crippen LogP contribution in [0.25, 0.3) is 0 Å². The fourth-order valence-electron chi connectivity index (χ4n) is 3.57. The molecule has 0 saturated heterocycles. The number of rotatable bonds is 4. The minimum atomic E-state index is -0.603. The summed E-state index contributed by atoms with van der Waals surface area (Å²) in [5.74, 6) is 1.54. The molecule has 0 aromatic heterocycles. The molecular formula is C20H26Si2. The average Bonchev–Trinajstić information content (AvgIpc) is 2.50. The van der Waals surface area contributed by atoms with Crippen LogP contribution in [0.1, 0.15) is 27.7 Å². The van der Waals surface area contributed by atoms with Crippen LogP contribution in [0.3, 0.4) is 0 Å². The topological polar surface area (TPSA) is 0 Å². The summed E-state index contributed by atoms with van der Waals surface area (Å²) in [6, 6.07) is 21.5. The first-order chi connectivity index (χ1) is 10.6. The van der Waals surface area contributed by atoms with E-state index in [0.717, 1.165) is 11.8 Å². The van der Waals surface area contributed by atoms with Gasteiger partial charge in [-0.05, 0) is 23.9 Å². The van der Waals surface area contributed by atoms with E-state index >= 15 is 0 Å². The quantitative estimate of drug-likeness (QED) is 0.759. The molecule has 2 aromatic rings. The van der Waals surface area contributed by atoms with Crippen LogP contribution in [0.15, 0.2) is 48.5 Å². The van der Waals surface area contributed by atoms with Crippen molar-refractivity contribution in [2.24, 2.45) is 11.8 Å². The van der Waals surface area contributed by atoms with Gasteiger partial charge in [0.05, 0.1) is 0 Å². The van der Waals surface area contributed by atoms with Crippen molar-refractivity contribution < 1.29 is 0 Å². The van der Waals surface area contributed by atoms with E-state index in [2.05, 4.69) is 76.2 Å². The Hall–Kier alpha value is -1.13. The first-order valence-corrected chi connectivity index (χ1v) is 11.9. The Bertz CT molecular complexity index is 542. The average molecular weight is 323 g/mol. The maximum atomic E-state index is 2.44. The third-order valence-electron chi connectivity index (χ3n) is 4.38. The molecule has 2 radical (unpaired) electrons. The van der Waals surface area contributed by atoms with Crippen LogP contribution in [0.4, 0.5) is 0 Å². The fraction of sp³-hybridized carbons (Fsp3) is 0.400. The number of benzene rings is 2. The smallest absolute Gasteiger partial charge is 0.0630 e. The van der Waals surface area contributed by atoms with Gasteiger partial charge < -0.3 is 0 Å². The molecule has 2 aromatic carbocycles. The summed E-state index contributed by atoms with van der Waals surface area (Å²) in [5.41, 5.74) is 0. The van der Waals surface area contributed by atoms with E-state index in [1.807, 2.05) is 0 Å². The Kier molecular flexibility index (Phi) is 4.69. The molecule has 1 heterocycles. The predicted octanol–water partition coefficient (Wildman–Crippen LogP) is 2.53. The molecule has 22 heavy (non-hydrogen) atoms. The summed E-state index contributed by atoms with van der Waals surface area (Å²) in [7, 11) is -1.21. The molecule has 0 spiro atoms. The van der Waals surface area contributed by atoms with Crippen LogP contribution in [-0.4, -0.2) is 17.6 Å². The number of fused-ring (bicyclic) bond motifs is 2. The molecule has 1 aliphatic heterocycles. The lowest BCUT2D eigenvalue weighted by Gasteiger charge is -2.34. The lowest BCUT2D eigenvalue weighted by molar-refractivity contribution is 0.728. The minimum absolute atomic E-state index is 0.603. The zero-order chi connectivity index (χ0) is 15.7. The zero-order valence-corrected chi connectivity index (χ0v) is 16.2. The highest BCUT2D eigenvalue weighted by Gasteiger charge is 2.34. The molecule has 2 heteroatoms. The van der Waals surface area contributed by atoms with Gasteiger partial charge in [-0.2, -0.15) is 0 Å². The van der Waals surface area contributed by atoms with Gasteiger partial charge in [0.2, 0.25) is 0 Å². The van der Waals surface area contributed by atoms with Crippen LogP contribution < -0.4 is 20.7 Å². The second-order valence-electron chi connectivity index (χ2n) is 7.24. The van der Waals surface area contributed by atoms with Crippen molar-refractivity contribution in [3.8, 4) is 0 Å². The maximum absolute atomic E-state index is 2.44. The molecule has 0 saturated carbocycles. The van der Waals surface area contributed by atoms with Gasteiger partial charge in [-0.3, -0.25) is 0 Å². The predicted molar refractivity (Wildman–Crippen MR) is 102 cm³/mol. The van der Waals surface area contributed by atoms with Crippen molar-refractivity contribution in [1.29, 1.82) is 0 Å². The zero-order valence-electron chi connectivity index (χ0n) is 14.2. The Morgan fingerprint density at radius 2 is 0.864 bits per heavy atom. The van der Waals surface area contributed by atoms with E-state index in [1.165, 1.54) is 12.1 Å². The molecule has 0 N–H and O–H groups in total. The summed E-state index contributed by atoms with van der Waals surface area (Å²) in [6.07, 6.45) is 0. The van der Waals surface area contributed by atoms with Gasteiger partial charge in [-0.15, -0.1) is 0 Å². The van der Waals surface area contributed by atoms with E-state index in [1.54, 1.807) is 20.7 Å². The minimum Gasteiger partial charge on any atom is -0.0630 e. The highest BCUT2D eigenvalue weighted by atomic mass is 28.3. The van der Waals surface area contributed by atoms with Crippen LogP contribution in [0.2, 0.25) is 12.1 Å². The van der Waals surface area contributed by atoms with Crippen molar-refractivity contribution in [1.82, 2.24) is 0 Å². The van der Waals surface area contributed by atoms with Gasteiger partial charge >= 0.3 is 0 Å². The van der Waals surface area contributed by atoms with E-state index in [0.29, 0.717) is 0 Å². The molecule has 0 aliphatic carbocycles. The summed E-state index contributed by atoms with van der Waals surface area (Å²) in [4.78, 5) is 0. The summed E-state index contributed by atoms with van der Waals surface area (Å²) < 4.78 is 0. The summed E-state index contributed by atoms with van der Waals surface area (Å²) in [5, 5.41) is 6.87. The summed E-state index contributed by atoms with van der Waals surface area (Å²) in [6.45, 7) is 9.49. The largest absolute Gasteiger partial charge is 0.121 e. The van der Waals surface area contributed by atoms with Gasteiger partial charge in [0, 0.05) is 0 Å². The van der Waals surface area contributed by atoms with Gasteiger partial charge in [0.25, 0.3) is 0 Å². The van der Waals surface area contributed by atoms with Gasteiger partial charge in [-0.1, -0.05) is 97.0 Å². The normalized spacial score (nSPS) is 15.2. The van der Waals surface area contributed by atoms with E-state index < -0.39 is 17.6 Å². The first kappa shape index (κ1) is 15.8. The summed E-state index contributed by atoms with van der Waals surface area (Å²) >= 11 is 0. The molecule has 114 valence electrons. The van der Waals surface area contributed by atoms with Crippen LogP contribution in [-0.2, 0) is 0 Å². The first-order valence-electron chi connectivity index (χ1n) is 8.49. The van der Waals surface area contributed by atoms with E-state index in [4.69, 9.17) is 0 Å². The molecule has 0 nitrogen and oxygen atoms in total.